The number of para-hydroxylation sites is 2. The summed E-state index contributed by atoms with van der Waals surface area (Å²) in [5.74, 6) is 0.904. The van der Waals surface area contributed by atoms with Gasteiger partial charge in [-0.15, -0.1) is 0 Å². The molecule has 11 aromatic rings. The van der Waals surface area contributed by atoms with Gasteiger partial charge in [0.2, 0.25) is 5.96 Å². The van der Waals surface area contributed by atoms with Crippen molar-refractivity contribution in [3.05, 3.63) is 218 Å². The highest BCUT2D eigenvalue weighted by Crippen LogP contribution is 2.45. The highest BCUT2D eigenvalue weighted by Gasteiger charge is 2.37. The van der Waals surface area contributed by atoms with Gasteiger partial charge in [0.1, 0.15) is 0 Å². The minimum Gasteiger partial charge on any atom is -0.307 e. The third kappa shape index (κ3) is 4.92. The van der Waals surface area contributed by atoms with Crippen LogP contribution in [0.2, 0.25) is 0 Å². The highest BCUT2D eigenvalue weighted by atomic mass is 15.5. The molecule has 272 valence electrons. The highest BCUT2D eigenvalue weighted by molar-refractivity contribution is 6.27. The first-order chi connectivity index (χ1) is 28.8. The van der Waals surface area contributed by atoms with Crippen LogP contribution in [-0.2, 0) is 0 Å². The molecule has 1 atom stereocenters. The van der Waals surface area contributed by atoms with E-state index in [9.17, 15) is 0 Å². The van der Waals surface area contributed by atoms with Crippen LogP contribution in [0.5, 0.6) is 0 Å². The smallest absolute Gasteiger partial charge is 0.215 e. The lowest BCUT2D eigenvalue weighted by atomic mass is 9.98. The lowest BCUT2D eigenvalue weighted by molar-refractivity contribution is 0.670. The van der Waals surface area contributed by atoms with Crippen molar-refractivity contribution in [2.45, 2.75) is 6.17 Å². The summed E-state index contributed by atoms with van der Waals surface area (Å²) in [5.41, 5.74) is 12.7. The quantitative estimate of drug-likeness (QED) is 0.172. The van der Waals surface area contributed by atoms with Gasteiger partial charge in [-0.25, -0.2) is 4.99 Å². The maximum absolute atomic E-state index is 5.55. The Kier molecular flexibility index (Phi) is 7.26. The third-order valence-electron chi connectivity index (χ3n) is 11.9. The SMILES string of the molecule is c1ccc(-c2ccc(-c3ccccc3)c(-n3c4ccccc4c4ccc5c6ccccc6n(C6=NC(c7ccccc7)N6c6ccc7ccccc7c6)c5c43)c2)cc1. The first-order valence-electron chi connectivity index (χ1n) is 19.9. The van der Waals surface area contributed by atoms with Crippen molar-refractivity contribution < 1.29 is 0 Å². The number of anilines is 1. The van der Waals surface area contributed by atoms with Gasteiger partial charge >= 0.3 is 0 Å². The fourth-order valence-corrected chi connectivity index (χ4v) is 9.23. The molecule has 2 aromatic heterocycles. The molecule has 9 aromatic carbocycles. The molecular weight excluding hydrogens is 705 g/mol. The number of nitrogens with zero attached hydrogens (tertiary/aromatic N) is 4. The normalized spacial score (nSPS) is 14.1. The van der Waals surface area contributed by atoms with Gasteiger partial charge in [0.15, 0.2) is 6.17 Å². The van der Waals surface area contributed by atoms with Crippen LogP contribution in [0, 0.1) is 0 Å². The Morgan fingerprint density at radius 1 is 0.379 bits per heavy atom. The zero-order valence-corrected chi connectivity index (χ0v) is 31.6. The van der Waals surface area contributed by atoms with Crippen LogP contribution in [0.4, 0.5) is 5.69 Å². The van der Waals surface area contributed by atoms with Gasteiger partial charge in [0, 0.05) is 32.8 Å². The predicted octanol–water partition coefficient (Wildman–Crippen LogP) is 13.8. The number of aromatic nitrogens is 2. The van der Waals surface area contributed by atoms with E-state index in [1.807, 2.05) is 0 Å². The molecular formula is C54H36N4. The van der Waals surface area contributed by atoms with Crippen molar-refractivity contribution in [2.24, 2.45) is 4.99 Å². The lowest BCUT2D eigenvalue weighted by Gasteiger charge is -2.41. The molecule has 0 saturated heterocycles. The maximum Gasteiger partial charge on any atom is 0.215 e. The molecule has 4 nitrogen and oxygen atoms in total. The first-order valence-corrected chi connectivity index (χ1v) is 19.9. The summed E-state index contributed by atoms with van der Waals surface area (Å²) in [7, 11) is 0. The summed E-state index contributed by atoms with van der Waals surface area (Å²) in [6.45, 7) is 0. The predicted molar refractivity (Wildman–Crippen MR) is 243 cm³/mol. The zero-order chi connectivity index (χ0) is 38.2. The fraction of sp³-hybridized carbons (Fsp3) is 0.0185. The van der Waals surface area contributed by atoms with Crippen molar-refractivity contribution in [3.8, 4) is 27.9 Å². The number of aliphatic imine (C=N–C) groups is 1. The second-order valence-electron chi connectivity index (χ2n) is 15.1. The summed E-state index contributed by atoms with van der Waals surface area (Å²) in [6.07, 6.45) is -0.175. The maximum atomic E-state index is 5.55. The van der Waals surface area contributed by atoms with Gasteiger partial charge < -0.3 is 4.57 Å². The van der Waals surface area contributed by atoms with E-state index < -0.39 is 0 Å². The van der Waals surface area contributed by atoms with E-state index in [2.05, 4.69) is 226 Å². The lowest BCUT2D eigenvalue weighted by Crippen LogP contribution is -2.47. The van der Waals surface area contributed by atoms with Gasteiger partial charge in [-0.2, -0.15) is 0 Å². The van der Waals surface area contributed by atoms with E-state index in [-0.39, 0.29) is 6.17 Å². The van der Waals surface area contributed by atoms with E-state index in [4.69, 9.17) is 4.99 Å². The number of hydrogen-bond donors (Lipinski definition) is 0. The molecule has 1 unspecified atom stereocenters. The zero-order valence-electron chi connectivity index (χ0n) is 31.6. The molecule has 12 rings (SSSR count). The second kappa shape index (κ2) is 12.9. The van der Waals surface area contributed by atoms with Gasteiger partial charge in [-0.05, 0) is 63.4 Å². The Bertz CT molecular complexity index is 3390. The van der Waals surface area contributed by atoms with Crippen LogP contribution in [0.3, 0.4) is 0 Å². The van der Waals surface area contributed by atoms with Gasteiger partial charge in [0.25, 0.3) is 0 Å². The van der Waals surface area contributed by atoms with E-state index >= 15 is 0 Å². The number of benzene rings is 9. The molecule has 1 aliphatic heterocycles. The average Bonchev–Trinajstić information content (AvgIpc) is 3.80. The Labute approximate surface area is 335 Å². The molecule has 0 fully saturated rings. The van der Waals surface area contributed by atoms with Crippen LogP contribution in [-0.4, -0.2) is 15.1 Å². The molecule has 3 heterocycles. The fourth-order valence-electron chi connectivity index (χ4n) is 9.23. The molecule has 0 saturated carbocycles. The summed E-state index contributed by atoms with van der Waals surface area (Å²) >= 11 is 0. The molecule has 0 bridgehead atoms. The van der Waals surface area contributed by atoms with E-state index in [0.717, 1.165) is 45.0 Å². The Morgan fingerprint density at radius 3 is 1.66 bits per heavy atom. The molecule has 0 N–H and O–H groups in total. The van der Waals surface area contributed by atoms with Gasteiger partial charge in [-0.3, -0.25) is 9.47 Å². The summed E-state index contributed by atoms with van der Waals surface area (Å²) in [6, 6.07) is 76.8. The van der Waals surface area contributed by atoms with E-state index in [1.165, 1.54) is 54.6 Å². The summed E-state index contributed by atoms with van der Waals surface area (Å²) in [4.78, 5) is 7.97. The molecule has 4 heteroatoms. The molecule has 0 radical (unpaired) electrons. The Hall–Kier alpha value is -7.69. The Morgan fingerprint density at radius 2 is 0.948 bits per heavy atom. The van der Waals surface area contributed by atoms with E-state index in [0.29, 0.717) is 0 Å². The van der Waals surface area contributed by atoms with Crippen molar-refractivity contribution in [1.82, 2.24) is 9.13 Å². The molecule has 1 aliphatic rings. The minimum atomic E-state index is -0.175. The number of fused-ring (bicyclic) bond motifs is 8. The van der Waals surface area contributed by atoms with Crippen LogP contribution in [0.1, 0.15) is 11.7 Å². The number of rotatable bonds is 5. The molecule has 0 spiro atoms. The van der Waals surface area contributed by atoms with Crippen molar-refractivity contribution in [3.63, 3.8) is 0 Å². The van der Waals surface area contributed by atoms with Crippen molar-refractivity contribution in [1.29, 1.82) is 0 Å². The van der Waals surface area contributed by atoms with Crippen LogP contribution >= 0.6 is 0 Å². The van der Waals surface area contributed by atoms with Crippen LogP contribution < -0.4 is 4.90 Å². The summed E-state index contributed by atoms with van der Waals surface area (Å²) < 4.78 is 4.95. The van der Waals surface area contributed by atoms with Crippen LogP contribution in [0.15, 0.2) is 217 Å². The average molecular weight is 741 g/mol. The third-order valence-corrected chi connectivity index (χ3v) is 11.9. The monoisotopic (exact) mass is 740 g/mol. The van der Waals surface area contributed by atoms with Gasteiger partial charge in [0.05, 0.1) is 27.8 Å². The summed E-state index contributed by atoms with van der Waals surface area (Å²) in [5, 5.41) is 7.22. The Balaban J connectivity index is 1.21. The molecule has 0 aliphatic carbocycles. The first kappa shape index (κ1) is 32.5. The molecule has 0 amide bonds. The van der Waals surface area contributed by atoms with Crippen molar-refractivity contribution >= 4 is 66.0 Å². The second-order valence-corrected chi connectivity index (χ2v) is 15.1. The van der Waals surface area contributed by atoms with Crippen molar-refractivity contribution in [2.75, 3.05) is 4.90 Å². The van der Waals surface area contributed by atoms with E-state index in [1.54, 1.807) is 0 Å². The number of hydrogen-bond acceptors (Lipinski definition) is 2. The molecule has 58 heavy (non-hydrogen) atoms. The largest absolute Gasteiger partial charge is 0.307 e. The van der Waals surface area contributed by atoms with Crippen LogP contribution in [0.25, 0.3) is 82.3 Å². The van der Waals surface area contributed by atoms with Gasteiger partial charge in [-0.1, -0.05) is 182 Å². The topological polar surface area (TPSA) is 25.5 Å². The minimum absolute atomic E-state index is 0.175. The standard InChI is InChI=1S/C54H36N4/c1-4-16-36(17-5-1)41-29-31-43(38-19-6-2-7-20-38)50(35-41)57-48-26-14-12-24-44(48)46-32-33-47-45-25-13-15-27-49(45)58(52(47)51(46)57)54-55-53(39-21-8-3-9-22-39)56(54)42-30-28-37-18-10-11-23-40(37)34-42/h1-35,53H.